The average Bonchev–Trinajstić information content (AvgIpc) is 3.21. The van der Waals surface area contributed by atoms with Crippen LogP contribution in [0.3, 0.4) is 0 Å². The lowest BCUT2D eigenvalue weighted by Gasteiger charge is -2.29. The fourth-order valence-electron chi connectivity index (χ4n) is 3.79. The molecule has 0 spiro atoms. The lowest BCUT2D eigenvalue weighted by Crippen LogP contribution is -2.44. The summed E-state index contributed by atoms with van der Waals surface area (Å²) >= 11 is 0. The van der Waals surface area contributed by atoms with Crippen molar-refractivity contribution in [2.75, 3.05) is 36.4 Å². The van der Waals surface area contributed by atoms with Crippen LogP contribution in [0.2, 0.25) is 0 Å². The summed E-state index contributed by atoms with van der Waals surface area (Å²) in [6, 6.07) is 7.63. The monoisotopic (exact) mass is 367 g/mol. The highest BCUT2D eigenvalue weighted by Crippen LogP contribution is 2.27. The Labute approximate surface area is 158 Å². The summed E-state index contributed by atoms with van der Waals surface area (Å²) < 4.78 is 0. The summed E-state index contributed by atoms with van der Waals surface area (Å²) in [4.78, 5) is 22.9. The van der Waals surface area contributed by atoms with E-state index in [2.05, 4.69) is 20.5 Å². The molecule has 3 N–H and O–H groups in total. The Kier molecular flexibility index (Phi) is 5.20. The van der Waals surface area contributed by atoms with Gasteiger partial charge in [0.15, 0.2) is 0 Å². The van der Waals surface area contributed by atoms with E-state index < -0.39 is 5.97 Å². The highest BCUT2D eigenvalue weighted by molar-refractivity contribution is 5.90. The molecule has 1 aliphatic carbocycles. The van der Waals surface area contributed by atoms with Crippen LogP contribution < -0.4 is 15.5 Å². The molecule has 27 heavy (non-hydrogen) atoms. The molecule has 0 radical (unpaired) electrons. The van der Waals surface area contributed by atoms with Gasteiger partial charge >= 0.3 is 5.97 Å². The molecule has 2 aliphatic rings. The lowest BCUT2D eigenvalue weighted by molar-refractivity contribution is 0.0697. The molecule has 2 aromatic rings. The number of carbonyl (C=O) groups is 1. The molecule has 0 aromatic carbocycles. The molecule has 0 bridgehead atoms. The molecular weight excluding hydrogens is 342 g/mol. The van der Waals surface area contributed by atoms with Crippen LogP contribution in [0.5, 0.6) is 0 Å². The second-order valence-electron chi connectivity index (χ2n) is 7.20. The van der Waals surface area contributed by atoms with Gasteiger partial charge in [0.2, 0.25) is 0 Å². The van der Waals surface area contributed by atoms with Crippen molar-refractivity contribution in [2.45, 2.75) is 31.7 Å². The second-order valence-corrected chi connectivity index (χ2v) is 7.20. The van der Waals surface area contributed by atoms with Gasteiger partial charge in [-0.1, -0.05) is 12.8 Å². The first-order valence-corrected chi connectivity index (χ1v) is 9.63. The molecule has 1 saturated heterocycles. The number of hydrogen-bond acceptors (Lipinski definition) is 6. The van der Waals surface area contributed by atoms with Gasteiger partial charge in [0, 0.05) is 44.0 Å². The summed E-state index contributed by atoms with van der Waals surface area (Å²) in [5.74, 6) is 0.604. The van der Waals surface area contributed by atoms with Crippen molar-refractivity contribution < 1.29 is 9.90 Å². The number of pyridine rings is 2. The van der Waals surface area contributed by atoms with E-state index >= 15 is 0 Å². The largest absolute Gasteiger partial charge is 0.478 e. The summed E-state index contributed by atoms with van der Waals surface area (Å²) in [5, 5.41) is 16.3. The van der Waals surface area contributed by atoms with E-state index in [0.29, 0.717) is 17.6 Å². The molecule has 0 atom stereocenters. The molecule has 0 unspecified atom stereocenters. The second kappa shape index (κ2) is 7.92. The summed E-state index contributed by atoms with van der Waals surface area (Å²) in [5.41, 5.74) is 1.81. The van der Waals surface area contributed by atoms with Crippen LogP contribution >= 0.6 is 0 Å². The highest BCUT2D eigenvalue weighted by atomic mass is 16.4. The van der Waals surface area contributed by atoms with E-state index in [1.165, 1.54) is 25.7 Å². The molecular formula is C20H25N5O2. The van der Waals surface area contributed by atoms with Crippen molar-refractivity contribution in [3.05, 3.63) is 36.0 Å². The molecule has 142 valence electrons. The number of aromatic carboxylic acids is 1. The van der Waals surface area contributed by atoms with Crippen LogP contribution in [0.15, 0.2) is 30.5 Å². The molecule has 2 fully saturated rings. The minimum absolute atomic E-state index is 0.260. The van der Waals surface area contributed by atoms with Crippen molar-refractivity contribution in [1.82, 2.24) is 15.3 Å². The van der Waals surface area contributed by atoms with E-state index in [9.17, 15) is 9.90 Å². The van der Waals surface area contributed by atoms with Gasteiger partial charge in [-0.05, 0) is 37.1 Å². The van der Waals surface area contributed by atoms with E-state index in [4.69, 9.17) is 4.98 Å². The Morgan fingerprint density at radius 3 is 2.70 bits per heavy atom. The number of piperazine rings is 1. The fourth-order valence-corrected chi connectivity index (χ4v) is 3.79. The van der Waals surface area contributed by atoms with Crippen LogP contribution in [0.1, 0.15) is 36.0 Å². The SMILES string of the molecule is O=C(O)c1cc(-c2ccnc(NC3CCCC3)c2)nc(N2CCNCC2)c1. The van der Waals surface area contributed by atoms with Crippen LogP contribution in [0, 0.1) is 0 Å². The molecule has 1 saturated carbocycles. The maximum Gasteiger partial charge on any atom is 0.335 e. The number of anilines is 2. The quantitative estimate of drug-likeness (QED) is 0.748. The number of aromatic nitrogens is 2. The van der Waals surface area contributed by atoms with E-state index in [1.54, 1.807) is 18.3 Å². The smallest absolute Gasteiger partial charge is 0.335 e. The molecule has 7 heteroatoms. The summed E-state index contributed by atoms with van der Waals surface area (Å²) in [6.07, 6.45) is 6.62. The van der Waals surface area contributed by atoms with Crippen LogP contribution in [-0.4, -0.2) is 53.3 Å². The van der Waals surface area contributed by atoms with Crippen LogP contribution in [0.25, 0.3) is 11.3 Å². The molecule has 2 aromatic heterocycles. The standard InChI is InChI=1S/C20H25N5O2/c26-20(27)15-11-17(24-19(13-15)25-9-7-21-8-10-25)14-5-6-22-18(12-14)23-16-3-1-2-4-16/h5-6,11-13,16,21H,1-4,7-10H2,(H,22,23)(H,26,27). The van der Waals surface area contributed by atoms with Crippen LogP contribution in [0.4, 0.5) is 11.6 Å². The minimum atomic E-state index is -0.937. The zero-order valence-corrected chi connectivity index (χ0v) is 15.3. The number of nitrogens with one attached hydrogen (secondary N) is 2. The number of hydrogen-bond donors (Lipinski definition) is 3. The van der Waals surface area contributed by atoms with Crippen molar-refractivity contribution >= 4 is 17.6 Å². The van der Waals surface area contributed by atoms with E-state index in [1.807, 2.05) is 12.1 Å². The van der Waals surface area contributed by atoms with Crippen LogP contribution in [-0.2, 0) is 0 Å². The third-order valence-corrected chi connectivity index (χ3v) is 5.26. The first-order chi connectivity index (χ1) is 13.2. The zero-order valence-electron chi connectivity index (χ0n) is 15.3. The predicted molar refractivity (Wildman–Crippen MR) is 105 cm³/mol. The molecule has 7 nitrogen and oxygen atoms in total. The predicted octanol–water partition coefficient (Wildman–Crippen LogP) is 2.61. The number of carboxylic acids is 1. The average molecular weight is 367 g/mol. The molecule has 1 aliphatic heterocycles. The third-order valence-electron chi connectivity index (χ3n) is 5.26. The Balaban J connectivity index is 1.65. The van der Waals surface area contributed by atoms with Gasteiger partial charge in [0.05, 0.1) is 11.3 Å². The van der Waals surface area contributed by atoms with Gasteiger partial charge in [-0.15, -0.1) is 0 Å². The van der Waals surface area contributed by atoms with Gasteiger partial charge in [-0.3, -0.25) is 0 Å². The number of nitrogens with zero attached hydrogens (tertiary/aromatic N) is 3. The maximum atomic E-state index is 11.6. The van der Waals surface area contributed by atoms with Gasteiger partial charge in [-0.25, -0.2) is 14.8 Å². The first-order valence-electron chi connectivity index (χ1n) is 9.63. The topological polar surface area (TPSA) is 90.4 Å². The number of carboxylic acid groups (broad SMARTS) is 1. The Morgan fingerprint density at radius 1 is 1.19 bits per heavy atom. The Morgan fingerprint density at radius 2 is 1.96 bits per heavy atom. The summed E-state index contributed by atoms with van der Waals surface area (Å²) in [7, 11) is 0. The number of rotatable bonds is 5. The molecule has 4 rings (SSSR count). The Hall–Kier alpha value is -2.67. The fraction of sp³-hybridized carbons (Fsp3) is 0.450. The first kappa shape index (κ1) is 17.7. The van der Waals surface area contributed by atoms with E-state index in [0.717, 1.165) is 37.6 Å². The third kappa shape index (κ3) is 4.19. The van der Waals surface area contributed by atoms with Gasteiger partial charge in [0.1, 0.15) is 11.6 Å². The minimum Gasteiger partial charge on any atom is -0.478 e. The lowest BCUT2D eigenvalue weighted by atomic mass is 10.1. The van der Waals surface area contributed by atoms with Gasteiger partial charge in [0.25, 0.3) is 0 Å². The van der Waals surface area contributed by atoms with Crippen molar-refractivity contribution in [2.24, 2.45) is 0 Å². The van der Waals surface area contributed by atoms with Crippen molar-refractivity contribution in [1.29, 1.82) is 0 Å². The van der Waals surface area contributed by atoms with E-state index in [-0.39, 0.29) is 5.56 Å². The van der Waals surface area contributed by atoms with Gasteiger partial charge < -0.3 is 20.6 Å². The van der Waals surface area contributed by atoms with Crippen molar-refractivity contribution in [3.63, 3.8) is 0 Å². The molecule has 0 amide bonds. The highest BCUT2D eigenvalue weighted by Gasteiger charge is 2.18. The molecule has 3 heterocycles. The maximum absolute atomic E-state index is 11.6. The van der Waals surface area contributed by atoms with Gasteiger partial charge in [-0.2, -0.15) is 0 Å². The Bertz CT molecular complexity index is 814. The summed E-state index contributed by atoms with van der Waals surface area (Å²) in [6.45, 7) is 3.39. The normalized spacial score (nSPS) is 17.9. The van der Waals surface area contributed by atoms with Crippen molar-refractivity contribution in [3.8, 4) is 11.3 Å². The zero-order chi connectivity index (χ0) is 18.6.